The van der Waals surface area contributed by atoms with Gasteiger partial charge < -0.3 is 14.4 Å². The molecule has 0 N–H and O–H groups in total. The SMILES string of the molecule is CCN(CC)c1ccc(/C=C2\Cc3cc(OC)c(OCCN4CCCCC4)cc3C2=O)cc1. The first-order valence-electron chi connectivity index (χ1n) is 12.3. The molecule has 0 spiro atoms. The molecule has 1 saturated heterocycles. The van der Waals surface area contributed by atoms with Gasteiger partial charge in [-0.25, -0.2) is 0 Å². The van der Waals surface area contributed by atoms with Gasteiger partial charge in [-0.2, -0.15) is 0 Å². The van der Waals surface area contributed by atoms with Crippen LogP contribution in [0.4, 0.5) is 5.69 Å². The fourth-order valence-electron chi connectivity index (χ4n) is 4.85. The van der Waals surface area contributed by atoms with Crippen molar-refractivity contribution in [2.45, 2.75) is 39.5 Å². The van der Waals surface area contributed by atoms with E-state index >= 15 is 0 Å². The van der Waals surface area contributed by atoms with Crippen LogP contribution in [0.3, 0.4) is 0 Å². The fraction of sp³-hybridized carbons (Fsp3) is 0.464. The Hall–Kier alpha value is -2.79. The second-order valence-corrected chi connectivity index (χ2v) is 8.85. The maximum absolute atomic E-state index is 13.2. The lowest BCUT2D eigenvalue weighted by Gasteiger charge is -2.26. The third kappa shape index (κ3) is 5.41. The Bertz CT molecular complexity index is 987. The van der Waals surface area contributed by atoms with Crippen LogP contribution in [0.15, 0.2) is 42.0 Å². The Kier molecular flexibility index (Phi) is 7.71. The maximum Gasteiger partial charge on any atom is 0.189 e. The third-order valence-corrected chi connectivity index (χ3v) is 6.78. The molecule has 1 heterocycles. The highest BCUT2D eigenvalue weighted by atomic mass is 16.5. The lowest BCUT2D eigenvalue weighted by Crippen LogP contribution is -2.33. The summed E-state index contributed by atoms with van der Waals surface area (Å²) < 4.78 is 11.7. The number of hydrogen-bond acceptors (Lipinski definition) is 5. The highest BCUT2D eigenvalue weighted by Crippen LogP contribution is 2.37. The van der Waals surface area contributed by atoms with Crippen LogP contribution in [-0.2, 0) is 6.42 Å². The standard InChI is InChI=1S/C28H36N2O3/c1-4-30(5-2)24-11-9-21(10-12-24)17-23-18-22-19-26(32-3)27(20-25(22)28(23)31)33-16-15-29-13-7-6-8-14-29/h9-12,17,19-20H,4-8,13-16,18H2,1-3H3/b23-17+. The molecule has 176 valence electrons. The number of piperidine rings is 1. The van der Waals surface area contributed by atoms with Crippen molar-refractivity contribution >= 4 is 17.5 Å². The summed E-state index contributed by atoms with van der Waals surface area (Å²) in [4.78, 5) is 17.9. The summed E-state index contributed by atoms with van der Waals surface area (Å²) in [5.41, 5.74) is 4.81. The number of rotatable bonds is 9. The molecule has 0 atom stereocenters. The predicted octanol–water partition coefficient (Wildman–Crippen LogP) is 5.23. The smallest absolute Gasteiger partial charge is 0.189 e. The van der Waals surface area contributed by atoms with Gasteiger partial charge in [0.25, 0.3) is 0 Å². The second-order valence-electron chi connectivity index (χ2n) is 8.85. The van der Waals surface area contributed by atoms with E-state index in [-0.39, 0.29) is 5.78 Å². The average Bonchev–Trinajstić information content (AvgIpc) is 3.15. The van der Waals surface area contributed by atoms with Crippen molar-refractivity contribution in [1.82, 2.24) is 4.90 Å². The lowest BCUT2D eigenvalue weighted by molar-refractivity contribution is 0.104. The molecular weight excluding hydrogens is 412 g/mol. The minimum atomic E-state index is 0.0846. The number of Topliss-reactive ketones (excluding diaryl/α,β-unsaturated/α-hetero) is 1. The van der Waals surface area contributed by atoms with Gasteiger partial charge in [-0.1, -0.05) is 18.6 Å². The number of carbonyl (C=O) groups is 1. The minimum Gasteiger partial charge on any atom is -0.493 e. The molecule has 2 aliphatic rings. The summed E-state index contributed by atoms with van der Waals surface area (Å²) in [7, 11) is 1.66. The Labute approximate surface area is 198 Å². The Morgan fingerprint density at radius 2 is 1.73 bits per heavy atom. The summed E-state index contributed by atoms with van der Waals surface area (Å²) >= 11 is 0. The first kappa shape index (κ1) is 23.4. The molecule has 0 amide bonds. The van der Waals surface area contributed by atoms with E-state index in [0.717, 1.165) is 55.0 Å². The number of nitrogens with zero attached hydrogens (tertiary/aromatic N) is 2. The first-order chi connectivity index (χ1) is 16.1. The number of allylic oxidation sites excluding steroid dienone is 1. The van der Waals surface area contributed by atoms with Gasteiger partial charge >= 0.3 is 0 Å². The van der Waals surface area contributed by atoms with E-state index in [9.17, 15) is 4.79 Å². The molecule has 33 heavy (non-hydrogen) atoms. The molecule has 1 aliphatic heterocycles. The van der Waals surface area contributed by atoms with Crippen LogP contribution in [0.2, 0.25) is 0 Å². The van der Waals surface area contributed by atoms with Crippen molar-refractivity contribution in [1.29, 1.82) is 0 Å². The van der Waals surface area contributed by atoms with E-state index in [2.05, 4.69) is 47.9 Å². The molecule has 0 saturated carbocycles. The highest BCUT2D eigenvalue weighted by molar-refractivity contribution is 6.16. The summed E-state index contributed by atoms with van der Waals surface area (Å²) in [5.74, 6) is 1.44. The molecule has 1 aliphatic carbocycles. The summed E-state index contributed by atoms with van der Waals surface area (Å²) in [6.07, 6.45) is 6.50. The van der Waals surface area contributed by atoms with E-state index in [4.69, 9.17) is 9.47 Å². The van der Waals surface area contributed by atoms with Crippen LogP contribution in [0, 0.1) is 0 Å². The van der Waals surface area contributed by atoms with E-state index in [1.807, 2.05) is 18.2 Å². The summed E-state index contributed by atoms with van der Waals surface area (Å²) in [5, 5.41) is 0. The normalized spacial score (nSPS) is 17.3. The number of carbonyl (C=O) groups excluding carboxylic acids is 1. The van der Waals surface area contributed by atoms with Crippen molar-refractivity contribution < 1.29 is 14.3 Å². The van der Waals surface area contributed by atoms with E-state index in [0.29, 0.717) is 24.5 Å². The molecule has 0 radical (unpaired) electrons. The van der Waals surface area contributed by atoms with Crippen molar-refractivity contribution in [3.8, 4) is 11.5 Å². The van der Waals surface area contributed by atoms with Crippen molar-refractivity contribution in [3.63, 3.8) is 0 Å². The van der Waals surface area contributed by atoms with Gasteiger partial charge in [0.05, 0.1) is 7.11 Å². The molecule has 2 aromatic carbocycles. The number of methoxy groups -OCH3 is 1. The number of likely N-dealkylation sites (tertiary alicyclic amines) is 1. The van der Waals surface area contributed by atoms with Crippen LogP contribution in [0.25, 0.3) is 6.08 Å². The van der Waals surface area contributed by atoms with Gasteiger partial charge in [0.15, 0.2) is 17.3 Å². The first-order valence-corrected chi connectivity index (χ1v) is 12.3. The van der Waals surface area contributed by atoms with Crippen LogP contribution >= 0.6 is 0 Å². The van der Waals surface area contributed by atoms with Gasteiger partial charge in [0, 0.05) is 42.9 Å². The van der Waals surface area contributed by atoms with Gasteiger partial charge in [0.2, 0.25) is 0 Å². The monoisotopic (exact) mass is 448 g/mol. The molecule has 2 aromatic rings. The highest BCUT2D eigenvalue weighted by Gasteiger charge is 2.27. The van der Waals surface area contributed by atoms with Crippen molar-refractivity contribution in [2.24, 2.45) is 0 Å². The number of fused-ring (bicyclic) bond motifs is 1. The molecule has 4 rings (SSSR count). The van der Waals surface area contributed by atoms with Gasteiger partial charge in [-0.15, -0.1) is 0 Å². The largest absolute Gasteiger partial charge is 0.493 e. The quantitative estimate of drug-likeness (QED) is 0.492. The maximum atomic E-state index is 13.2. The number of benzene rings is 2. The van der Waals surface area contributed by atoms with Gasteiger partial charge in [-0.3, -0.25) is 9.69 Å². The summed E-state index contributed by atoms with van der Waals surface area (Å²) in [6.45, 7) is 10.1. The minimum absolute atomic E-state index is 0.0846. The zero-order valence-electron chi connectivity index (χ0n) is 20.2. The van der Waals surface area contributed by atoms with Crippen molar-refractivity contribution in [3.05, 3.63) is 58.7 Å². The molecule has 0 bridgehead atoms. The Morgan fingerprint density at radius 3 is 2.39 bits per heavy atom. The number of anilines is 1. The topological polar surface area (TPSA) is 42.0 Å². The Balaban J connectivity index is 1.46. The van der Waals surface area contributed by atoms with E-state index in [1.54, 1.807) is 7.11 Å². The number of hydrogen-bond donors (Lipinski definition) is 0. The second kappa shape index (κ2) is 10.9. The lowest BCUT2D eigenvalue weighted by atomic mass is 10.1. The number of ether oxygens (including phenoxy) is 2. The van der Waals surface area contributed by atoms with Crippen LogP contribution in [-0.4, -0.2) is 57.1 Å². The molecule has 5 nitrogen and oxygen atoms in total. The van der Waals surface area contributed by atoms with Gasteiger partial charge in [-0.05, 0) is 81.2 Å². The van der Waals surface area contributed by atoms with E-state index < -0.39 is 0 Å². The molecule has 0 aromatic heterocycles. The molecule has 1 fully saturated rings. The van der Waals surface area contributed by atoms with Gasteiger partial charge in [0.1, 0.15) is 6.61 Å². The molecule has 0 unspecified atom stereocenters. The summed E-state index contributed by atoms with van der Waals surface area (Å²) in [6, 6.07) is 12.3. The van der Waals surface area contributed by atoms with Crippen LogP contribution in [0.5, 0.6) is 11.5 Å². The Morgan fingerprint density at radius 1 is 1.00 bits per heavy atom. The van der Waals surface area contributed by atoms with Crippen LogP contribution < -0.4 is 14.4 Å². The van der Waals surface area contributed by atoms with E-state index in [1.165, 1.54) is 24.9 Å². The third-order valence-electron chi connectivity index (χ3n) is 6.78. The molecule has 5 heteroatoms. The predicted molar refractivity (Wildman–Crippen MR) is 135 cm³/mol. The zero-order chi connectivity index (χ0) is 23.2. The van der Waals surface area contributed by atoms with Crippen LogP contribution in [0.1, 0.15) is 54.6 Å². The number of ketones is 1. The van der Waals surface area contributed by atoms with Crippen molar-refractivity contribution in [2.75, 3.05) is 51.3 Å². The fourth-order valence-corrected chi connectivity index (χ4v) is 4.85. The zero-order valence-corrected chi connectivity index (χ0v) is 20.2. The molecular formula is C28H36N2O3. The average molecular weight is 449 g/mol.